The van der Waals surface area contributed by atoms with Crippen molar-refractivity contribution >= 4 is 40.6 Å². The number of aromatic nitrogens is 2. The lowest BCUT2D eigenvalue weighted by Gasteiger charge is -2.23. The van der Waals surface area contributed by atoms with E-state index in [0.29, 0.717) is 33.5 Å². The number of carbonyl (C=O) groups is 1. The predicted octanol–water partition coefficient (Wildman–Crippen LogP) is 4.05. The van der Waals surface area contributed by atoms with Gasteiger partial charge < -0.3 is 18.8 Å². The molecular weight excluding hydrogens is 422 g/mol. The van der Waals surface area contributed by atoms with Crippen molar-refractivity contribution < 1.29 is 18.7 Å². The molecule has 0 saturated heterocycles. The molecule has 3 heterocycles. The highest BCUT2D eigenvalue weighted by molar-refractivity contribution is 7.99. The van der Waals surface area contributed by atoms with Crippen molar-refractivity contribution in [1.82, 2.24) is 15.1 Å². The Morgan fingerprint density at radius 2 is 2.11 bits per heavy atom. The number of carbonyl (C=O) groups excluding carboxylic acids is 1. The lowest BCUT2D eigenvalue weighted by Crippen LogP contribution is -2.27. The summed E-state index contributed by atoms with van der Waals surface area (Å²) in [5.74, 6) is 1.80. The van der Waals surface area contributed by atoms with Gasteiger partial charge in [0.1, 0.15) is 6.61 Å². The van der Waals surface area contributed by atoms with Crippen LogP contribution in [0.15, 0.2) is 46.0 Å². The molecule has 0 bridgehead atoms. The van der Waals surface area contributed by atoms with Gasteiger partial charge in [0.25, 0.3) is 11.1 Å². The summed E-state index contributed by atoms with van der Waals surface area (Å²) in [6.07, 6.45) is -0.473. The summed E-state index contributed by atoms with van der Waals surface area (Å²) in [7, 11) is 1.75. The second kappa shape index (κ2) is 8.42. The minimum absolute atomic E-state index is 0.0413. The quantitative estimate of drug-likeness (QED) is 0.538. The Morgan fingerprint density at radius 1 is 1.29 bits per heavy atom. The summed E-state index contributed by atoms with van der Waals surface area (Å²) in [4.78, 5) is 15.0. The highest BCUT2D eigenvalue weighted by Gasteiger charge is 2.27. The Bertz CT molecular complexity index is 977. The molecule has 7 nitrogen and oxygen atoms in total. The van der Waals surface area contributed by atoms with Crippen LogP contribution in [0.2, 0.25) is 4.34 Å². The topological polar surface area (TPSA) is 77.7 Å². The number of amides is 1. The molecule has 2 aromatic heterocycles. The number of para-hydroxylation sites is 2. The molecule has 1 aliphatic rings. The molecule has 1 amide bonds. The van der Waals surface area contributed by atoms with Gasteiger partial charge in [0.05, 0.1) is 16.6 Å². The van der Waals surface area contributed by atoms with Crippen LogP contribution in [0, 0.1) is 0 Å². The largest absolute Gasteiger partial charge is 0.485 e. The van der Waals surface area contributed by atoms with E-state index < -0.39 is 6.10 Å². The minimum Gasteiger partial charge on any atom is -0.485 e. The van der Waals surface area contributed by atoms with E-state index in [4.69, 9.17) is 25.5 Å². The molecular formula is C18H16ClN3O4S2. The molecule has 1 aliphatic heterocycles. The SMILES string of the molecule is CN(Cc1ccc(Cl)s1)C(=O)CSc1nnc(C2COc3ccccc3O2)o1. The summed E-state index contributed by atoms with van der Waals surface area (Å²) in [5.41, 5.74) is 0. The Kier molecular flexibility index (Phi) is 5.74. The number of ether oxygens (including phenoxy) is 2. The predicted molar refractivity (Wildman–Crippen MR) is 106 cm³/mol. The molecule has 3 aromatic rings. The first-order chi connectivity index (χ1) is 13.6. The smallest absolute Gasteiger partial charge is 0.277 e. The molecule has 0 saturated carbocycles. The molecule has 0 fully saturated rings. The Labute approximate surface area is 174 Å². The van der Waals surface area contributed by atoms with E-state index in [1.54, 1.807) is 11.9 Å². The fourth-order valence-corrected chi connectivity index (χ4v) is 4.39. The van der Waals surface area contributed by atoms with E-state index in [1.165, 1.54) is 23.1 Å². The van der Waals surface area contributed by atoms with Gasteiger partial charge in [-0.05, 0) is 24.3 Å². The third-order valence-corrected chi connectivity index (χ3v) is 5.99. The van der Waals surface area contributed by atoms with Gasteiger partial charge >= 0.3 is 0 Å². The number of rotatable bonds is 6. The molecule has 1 atom stereocenters. The second-order valence-corrected chi connectivity index (χ2v) is 8.74. The van der Waals surface area contributed by atoms with Crippen LogP contribution in [0.1, 0.15) is 16.9 Å². The maximum Gasteiger partial charge on any atom is 0.277 e. The summed E-state index contributed by atoms with van der Waals surface area (Å²) in [6, 6.07) is 11.1. The van der Waals surface area contributed by atoms with Gasteiger partial charge in [0.2, 0.25) is 12.0 Å². The van der Waals surface area contributed by atoms with Crippen molar-refractivity contribution in [3.63, 3.8) is 0 Å². The van der Waals surface area contributed by atoms with E-state index in [1.807, 2.05) is 36.4 Å². The average Bonchev–Trinajstić information content (AvgIpc) is 3.34. The zero-order valence-electron chi connectivity index (χ0n) is 14.8. The van der Waals surface area contributed by atoms with Gasteiger partial charge in [0.15, 0.2) is 11.5 Å². The van der Waals surface area contributed by atoms with Crippen molar-refractivity contribution in [3.8, 4) is 11.5 Å². The fourth-order valence-electron chi connectivity index (χ4n) is 2.54. The van der Waals surface area contributed by atoms with E-state index in [0.717, 1.165) is 4.88 Å². The van der Waals surface area contributed by atoms with Crippen LogP contribution in [-0.2, 0) is 11.3 Å². The number of fused-ring (bicyclic) bond motifs is 1. The standard InChI is InChI=1S/C18H16ClN3O4S2/c1-22(8-11-6-7-15(19)28-11)16(23)10-27-18-21-20-17(26-18)14-9-24-12-4-2-3-5-13(12)25-14/h2-7,14H,8-10H2,1H3. The first-order valence-corrected chi connectivity index (χ1v) is 10.6. The van der Waals surface area contributed by atoms with Crippen molar-refractivity contribution in [1.29, 1.82) is 0 Å². The van der Waals surface area contributed by atoms with Crippen molar-refractivity contribution in [2.75, 3.05) is 19.4 Å². The number of benzene rings is 1. The van der Waals surface area contributed by atoms with Crippen LogP contribution in [0.5, 0.6) is 11.5 Å². The molecule has 10 heteroatoms. The van der Waals surface area contributed by atoms with Crippen LogP contribution in [-0.4, -0.2) is 40.4 Å². The van der Waals surface area contributed by atoms with E-state index in [-0.39, 0.29) is 18.3 Å². The van der Waals surface area contributed by atoms with Crippen molar-refractivity contribution in [2.24, 2.45) is 0 Å². The van der Waals surface area contributed by atoms with Crippen LogP contribution in [0.4, 0.5) is 0 Å². The van der Waals surface area contributed by atoms with Crippen LogP contribution >= 0.6 is 34.7 Å². The highest BCUT2D eigenvalue weighted by Crippen LogP contribution is 2.36. The third kappa shape index (κ3) is 4.43. The molecule has 4 rings (SSSR count). The van der Waals surface area contributed by atoms with Crippen LogP contribution < -0.4 is 9.47 Å². The number of thioether (sulfide) groups is 1. The molecule has 0 N–H and O–H groups in total. The van der Waals surface area contributed by atoms with Gasteiger partial charge in [-0.2, -0.15) is 0 Å². The number of thiophene rings is 1. The first kappa shape index (κ1) is 19.1. The van der Waals surface area contributed by atoms with Gasteiger partial charge in [-0.15, -0.1) is 21.5 Å². The third-order valence-electron chi connectivity index (χ3n) is 3.97. The minimum atomic E-state index is -0.473. The lowest BCUT2D eigenvalue weighted by atomic mass is 10.2. The number of hydrogen-bond acceptors (Lipinski definition) is 8. The number of halogens is 1. The fraction of sp³-hybridized carbons (Fsp3) is 0.278. The normalized spacial score (nSPS) is 15.4. The highest BCUT2D eigenvalue weighted by atomic mass is 35.5. The Morgan fingerprint density at radius 3 is 2.89 bits per heavy atom. The molecule has 146 valence electrons. The van der Waals surface area contributed by atoms with Crippen LogP contribution in [0.3, 0.4) is 0 Å². The van der Waals surface area contributed by atoms with Gasteiger partial charge in [-0.25, -0.2) is 0 Å². The Balaban J connectivity index is 1.31. The number of hydrogen-bond donors (Lipinski definition) is 0. The molecule has 1 unspecified atom stereocenters. The van der Waals surface area contributed by atoms with Crippen molar-refractivity contribution in [2.45, 2.75) is 17.9 Å². The molecule has 0 radical (unpaired) electrons. The maximum atomic E-state index is 12.3. The zero-order valence-corrected chi connectivity index (χ0v) is 17.2. The summed E-state index contributed by atoms with van der Waals surface area (Å²) in [6.45, 7) is 0.798. The molecule has 0 spiro atoms. The average molecular weight is 438 g/mol. The second-order valence-electron chi connectivity index (χ2n) is 6.01. The van der Waals surface area contributed by atoms with Crippen LogP contribution in [0.25, 0.3) is 0 Å². The van der Waals surface area contributed by atoms with Gasteiger partial charge in [-0.3, -0.25) is 4.79 Å². The Hall–Kier alpha value is -2.23. The van der Waals surface area contributed by atoms with Gasteiger partial charge in [0, 0.05) is 11.9 Å². The van der Waals surface area contributed by atoms with Crippen molar-refractivity contribution in [3.05, 3.63) is 51.5 Å². The summed E-state index contributed by atoms with van der Waals surface area (Å²) >= 11 is 8.58. The maximum absolute atomic E-state index is 12.3. The van der Waals surface area contributed by atoms with E-state index in [2.05, 4.69) is 10.2 Å². The molecule has 28 heavy (non-hydrogen) atoms. The lowest BCUT2D eigenvalue weighted by molar-refractivity contribution is -0.127. The first-order valence-electron chi connectivity index (χ1n) is 8.41. The van der Waals surface area contributed by atoms with Gasteiger partial charge in [-0.1, -0.05) is 35.5 Å². The van der Waals surface area contributed by atoms with E-state index >= 15 is 0 Å². The molecule has 0 aliphatic carbocycles. The van der Waals surface area contributed by atoms with E-state index in [9.17, 15) is 4.79 Å². The summed E-state index contributed by atoms with van der Waals surface area (Å²) < 4.78 is 17.9. The zero-order chi connectivity index (χ0) is 19.5. The molecule has 1 aromatic carbocycles. The summed E-state index contributed by atoms with van der Waals surface area (Å²) in [5, 5.41) is 8.33. The number of nitrogens with zero attached hydrogens (tertiary/aromatic N) is 3. The monoisotopic (exact) mass is 437 g/mol.